The number of halogens is 1. The number of carbonyl (C=O) groups is 1. The quantitative estimate of drug-likeness (QED) is 0.798. The fourth-order valence-electron chi connectivity index (χ4n) is 1.12. The van der Waals surface area contributed by atoms with Crippen LogP contribution < -0.4 is 15.8 Å². The van der Waals surface area contributed by atoms with Crippen LogP contribution in [0.4, 0.5) is 0 Å². The van der Waals surface area contributed by atoms with Crippen molar-refractivity contribution >= 4 is 34.7 Å². The second-order valence-electron chi connectivity index (χ2n) is 3.40. The zero-order chi connectivity index (χ0) is 12.8. The first-order valence-electron chi connectivity index (χ1n) is 4.97. The monoisotopic (exact) mass is 272 g/mol. The number of carbonyl (C=O) groups excluding carboxylic acids is 1. The molecule has 1 atom stereocenters. The Balaban J connectivity index is 2.51. The van der Waals surface area contributed by atoms with E-state index in [1.165, 1.54) is 0 Å². The Kier molecular flexibility index (Phi) is 5.18. The van der Waals surface area contributed by atoms with E-state index in [-0.39, 0.29) is 17.4 Å². The van der Waals surface area contributed by atoms with Crippen LogP contribution in [0.1, 0.15) is 6.92 Å². The molecule has 0 aliphatic rings. The third-order valence-corrected chi connectivity index (χ3v) is 2.29. The van der Waals surface area contributed by atoms with Gasteiger partial charge < -0.3 is 15.8 Å². The molecule has 0 spiro atoms. The molecule has 0 radical (unpaired) electrons. The molecule has 1 amide bonds. The van der Waals surface area contributed by atoms with Crippen molar-refractivity contribution in [3.05, 3.63) is 29.3 Å². The van der Waals surface area contributed by atoms with Crippen LogP contribution in [0.25, 0.3) is 0 Å². The summed E-state index contributed by atoms with van der Waals surface area (Å²) in [5, 5.41) is 3.11. The van der Waals surface area contributed by atoms with Gasteiger partial charge in [0.2, 0.25) is 0 Å². The van der Waals surface area contributed by atoms with E-state index in [1.807, 2.05) is 0 Å². The van der Waals surface area contributed by atoms with Crippen LogP contribution >= 0.6 is 23.8 Å². The Morgan fingerprint density at radius 3 is 2.94 bits per heavy atom. The highest BCUT2D eigenvalue weighted by atomic mass is 35.5. The van der Waals surface area contributed by atoms with Crippen molar-refractivity contribution in [3.63, 3.8) is 0 Å². The third kappa shape index (κ3) is 5.01. The summed E-state index contributed by atoms with van der Waals surface area (Å²) in [4.78, 5) is 11.8. The molecule has 0 bridgehead atoms. The Hall–Kier alpha value is -1.33. The van der Waals surface area contributed by atoms with E-state index in [4.69, 9.17) is 22.1 Å². The lowest BCUT2D eigenvalue weighted by Crippen LogP contribution is -2.40. The summed E-state index contributed by atoms with van der Waals surface area (Å²) in [5.41, 5.74) is 5.27. The fourth-order valence-corrected chi connectivity index (χ4v) is 1.37. The molecule has 1 aromatic rings. The van der Waals surface area contributed by atoms with Crippen LogP contribution in [0.5, 0.6) is 5.75 Å². The van der Waals surface area contributed by atoms with Crippen LogP contribution in [0.3, 0.4) is 0 Å². The number of hydrogen-bond acceptors (Lipinski definition) is 3. The Morgan fingerprint density at radius 1 is 1.65 bits per heavy atom. The second kappa shape index (κ2) is 6.42. The van der Waals surface area contributed by atoms with E-state index in [0.29, 0.717) is 10.8 Å². The molecule has 0 fully saturated rings. The van der Waals surface area contributed by atoms with E-state index >= 15 is 0 Å². The molecule has 1 unspecified atom stereocenters. The zero-order valence-electron chi connectivity index (χ0n) is 9.27. The third-order valence-electron chi connectivity index (χ3n) is 1.92. The van der Waals surface area contributed by atoms with Crippen molar-refractivity contribution in [2.45, 2.75) is 13.0 Å². The fraction of sp³-hybridized carbons (Fsp3) is 0.273. The lowest BCUT2D eigenvalue weighted by Gasteiger charge is -2.14. The van der Waals surface area contributed by atoms with Crippen molar-refractivity contribution < 1.29 is 9.53 Å². The molecule has 0 aliphatic heterocycles. The van der Waals surface area contributed by atoms with Gasteiger partial charge in [-0.15, -0.1) is 0 Å². The first-order valence-corrected chi connectivity index (χ1v) is 5.76. The minimum absolute atomic E-state index is 0.164. The average molecular weight is 273 g/mol. The molecule has 0 aromatic heterocycles. The zero-order valence-corrected chi connectivity index (χ0v) is 10.8. The van der Waals surface area contributed by atoms with E-state index < -0.39 is 6.10 Å². The second-order valence-corrected chi connectivity index (χ2v) is 4.36. The SMILES string of the molecule is CC(Oc1cccc(Cl)c1)C(=O)NCC(N)=S. The predicted octanol–water partition coefficient (Wildman–Crippen LogP) is 1.51. The molecule has 17 heavy (non-hydrogen) atoms. The van der Waals surface area contributed by atoms with Gasteiger partial charge in [-0.25, -0.2) is 0 Å². The molecule has 3 N–H and O–H groups in total. The molecular formula is C11H13ClN2O2S. The molecule has 0 aliphatic carbocycles. The standard InChI is InChI=1S/C11H13ClN2O2S/c1-7(11(15)14-6-10(13)17)16-9-4-2-3-8(12)5-9/h2-5,7H,6H2,1H3,(H2,13,17)(H,14,15). The number of thiocarbonyl (C=S) groups is 1. The van der Waals surface area contributed by atoms with Gasteiger partial charge >= 0.3 is 0 Å². The predicted molar refractivity (Wildman–Crippen MR) is 71.3 cm³/mol. The van der Waals surface area contributed by atoms with Crippen LogP contribution in [-0.2, 0) is 4.79 Å². The van der Waals surface area contributed by atoms with Crippen molar-refractivity contribution in [1.29, 1.82) is 0 Å². The number of amides is 1. The summed E-state index contributed by atoms with van der Waals surface area (Å²) in [7, 11) is 0. The molecular weight excluding hydrogens is 260 g/mol. The number of benzene rings is 1. The van der Waals surface area contributed by atoms with Gasteiger partial charge in [-0.3, -0.25) is 4.79 Å². The molecule has 0 saturated carbocycles. The Morgan fingerprint density at radius 2 is 2.35 bits per heavy atom. The number of nitrogens with two attached hydrogens (primary N) is 1. The highest BCUT2D eigenvalue weighted by Crippen LogP contribution is 2.18. The number of rotatable bonds is 5. The van der Waals surface area contributed by atoms with Crippen LogP contribution in [0.15, 0.2) is 24.3 Å². The van der Waals surface area contributed by atoms with Gasteiger partial charge in [0.25, 0.3) is 5.91 Å². The van der Waals surface area contributed by atoms with Crippen molar-refractivity contribution in [2.75, 3.05) is 6.54 Å². The topological polar surface area (TPSA) is 64.3 Å². The highest BCUT2D eigenvalue weighted by molar-refractivity contribution is 7.80. The van der Waals surface area contributed by atoms with Gasteiger partial charge in [0.1, 0.15) is 5.75 Å². The van der Waals surface area contributed by atoms with Gasteiger partial charge in [0.15, 0.2) is 6.10 Å². The summed E-state index contributed by atoms with van der Waals surface area (Å²) in [6.45, 7) is 1.80. The number of hydrogen-bond donors (Lipinski definition) is 2. The van der Waals surface area contributed by atoms with Gasteiger partial charge in [-0.05, 0) is 25.1 Å². The van der Waals surface area contributed by atoms with Crippen LogP contribution in [0, 0.1) is 0 Å². The van der Waals surface area contributed by atoms with Crippen LogP contribution in [-0.4, -0.2) is 23.5 Å². The number of nitrogens with one attached hydrogen (secondary N) is 1. The van der Waals surface area contributed by atoms with Gasteiger partial charge in [-0.1, -0.05) is 29.9 Å². The van der Waals surface area contributed by atoms with Crippen molar-refractivity contribution in [3.8, 4) is 5.75 Å². The highest BCUT2D eigenvalue weighted by Gasteiger charge is 2.14. The molecule has 92 valence electrons. The van der Waals surface area contributed by atoms with E-state index in [0.717, 1.165) is 0 Å². The lowest BCUT2D eigenvalue weighted by atomic mass is 10.3. The molecule has 1 rings (SSSR count). The van der Waals surface area contributed by atoms with E-state index in [1.54, 1.807) is 31.2 Å². The van der Waals surface area contributed by atoms with Gasteiger partial charge in [0.05, 0.1) is 11.5 Å². The Labute approximate surface area is 110 Å². The first kappa shape index (κ1) is 13.7. The summed E-state index contributed by atoms with van der Waals surface area (Å²) in [6, 6.07) is 6.84. The summed E-state index contributed by atoms with van der Waals surface area (Å²) < 4.78 is 5.41. The lowest BCUT2D eigenvalue weighted by molar-refractivity contribution is -0.126. The molecule has 1 aromatic carbocycles. The van der Waals surface area contributed by atoms with E-state index in [9.17, 15) is 4.79 Å². The molecule has 0 saturated heterocycles. The van der Waals surface area contributed by atoms with Crippen LogP contribution in [0.2, 0.25) is 5.02 Å². The molecule has 0 heterocycles. The molecule has 4 nitrogen and oxygen atoms in total. The average Bonchev–Trinajstić information content (AvgIpc) is 2.25. The maximum atomic E-state index is 11.6. The van der Waals surface area contributed by atoms with Crippen molar-refractivity contribution in [1.82, 2.24) is 5.32 Å². The minimum atomic E-state index is -0.636. The van der Waals surface area contributed by atoms with Gasteiger partial charge in [-0.2, -0.15) is 0 Å². The minimum Gasteiger partial charge on any atom is -0.481 e. The summed E-state index contributed by atoms with van der Waals surface area (Å²) in [5.74, 6) is 0.258. The summed E-state index contributed by atoms with van der Waals surface area (Å²) in [6.07, 6.45) is -0.636. The van der Waals surface area contributed by atoms with Crippen molar-refractivity contribution in [2.24, 2.45) is 5.73 Å². The smallest absolute Gasteiger partial charge is 0.261 e. The Bertz CT molecular complexity index is 426. The summed E-state index contributed by atoms with van der Waals surface area (Å²) >= 11 is 10.4. The normalized spacial score (nSPS) is 11.6. The maximum Gasteiger partial charge on any atom is 0.261 e. The molecule has 6 heteroatoms. The van der Waals surface area contributed by atoms with Gasteiger partial charge in [0, 0.05) is 5.02 Å². The largest absolute Gasteiger partial charge is 0.481 e. The first-order chi connectivity index (χ1) is 7.99. The van der Waals surface area contributed by atoms with E-state index in [2.05, 4.69) is 17.5 Å². The number of ether oxygens (including phenoxy) is 1. The maximum absolute atomic E-state index is 11.6.